The number of methoxy groups -OCH3 is 1. The van der Waals surface area contributed by atoms with Gasteiger partial charge in [-0.1, -0.05) is 5.11 Å². The molecule has 1 aliphatic heterocycles. The summed E-state index contributed by atoms with van der Waals surface area (Å²) < 4.78 is 12.5. The number of aliphatic hydroxyl groups is 1. The van der Waals surface area contributed by atoms with Crippen molar-refractivity contribution in [3.8, 4) is 5.88 Å². The second-order valence-electron chi connectivity index (χ2n) is 4.65. The summed E-state index contributed by atoms with van der Waals surface area (Å²) in [5.41, 5.74) is 9.47. The monoisotopic (exact) mass is 325 g/mol. The van der Waals surface area contributed by atoms with Crippen molar-refractivity contribution < 1.29 is 14.6 Å². The van der Waals surface area contributed by atoms with E-state index in [-0.39, 0.29) is 17.8 Å². The van der Waals surface area contributed by atoms with Gasteiger partial charge in [0.2, 0.25) is 11.2 Å². The number of hydrogen-bond donors (Lipinski definition) is 1. The summed E-state index contributed by atoms with van der Waals surface area (Å²) >= 11 is 5.88. The van der Waals surface area contributed by atoms with Crippen LogP contribution in [0.4, 0.5) is 0 Å². The number of nitrogens with zero attached hydrogens (tertiary/aromatic N) is 7. The second-order valence-corrected chi connectivity index (χ2v) is 4.98. The predicted octanol–water partition coefficient (Wildman–Crippen LogP) is 1.45. The van der Waals surface area contributed by atoms with Crippen molar-refractivity contribution >= 4 is 22.8 Å². The van der Waals surface area contributed by atoms with Gasteiger partial charge in [-0.2, -0.15) is 9.97 Å². The number of fused-ring (bicyclic) bond motifs is 1. The van der Waals surface area contributed by atoms with Crippen LogP contribution in [0.1, 0.15) is 12.6 Å². The van der Waals surface area contributed by atoms with Crippen molar-refractivity contribution in [2.24, 2.45) is 5.11 Å². The zero-order valence-electron chi connectivity index (χ0n) is 11.5. The molecule has 1 saturated heterocycles. The van der Waals surface area contributed by atoms with Crippen LogP contribution in [0.25, 0.3) is 21.6 Å². The van der Waals surface area contributed by atoms with Gasteiger partial charge in [-0.3, -0.25) is 4.57 Å². The van der Waals surface area contributed by atoms with Gasteiger partial charge in [0.15, 0.2) is 11.2 Å². The highest BCUT2D eigenvalue weighted by molar-refractivity contribution is 6.28. The Kier molecular flexibility index (Phi) is 3.99. The Morgan fingerprint density at radius 3 is 3.14 bits per heavy atom. The molecule has 0 amide bonds. The molecular weight excluding hydrogens is 314 g/mol. The van der Waals surface area contributed by atoms with Gasteiger partial charge >= 0.3 is 0 Å². The first-order valence-electron chi connectivity index (χ1n) is 6.42. The van der Waals surface area contributed by atoms with E-state index in [1.165, 1.54) is 13.4 Å². The lowest BCUT2D eigenvalue weighted by Crippen LogP contribution is -2.22. The molecule has 2 aromatic rings. The quantitative estimate of drug-likeness (QED) is 0.391. The van der Waals surface area contributed by atoms with E-state index in [2.05, 4.69) is 25.0 Å². The Labute approximate surface area is 129 Å². The summed E-state index contributed by atoms with van der Waals surface area (Å²) in [5.74, 6) is 0.261. The van der Waals surface area contributed by atoms with Crippen LogP contribution in [0.3, 0.4) is 0 Å². The number of aromatic nitrogens is 4. The Morgan fingerprint density at radius 2 is 2.45 bits per heavy atom. The average Bonchev–Trinajstić information content (AvgIpc) is 3.10. The average molecular weight is 326 g/mol. The van der Waals surface area contributed by atoms with E-state index >= 15 is 0 Å². The molecule has 10 nitrogen and oxygen atoms in total. The molecule has 3 heterocycles. The molecule has 11 heteroatoms. The molecule has 3 rings (SSSR count). The standard InChI is InChI=1S/C11H12ClN7O3/c1-21-10-8-9(15-11(12)16-10)19(4-14-8)7-2-5(17-18-13)6(3-20)22-7/h4-7,20H,2-3H2,1H3/t5-,6+,7+/m0/s1. The maximum Gasteiger partial charge on any atom is 0.246 e. The molecule has 2 aromatic heterocycles. The number of halogens is 1. The summed E-state index contributed by atoms with van der Waals surface area (Å²) in [7, 11) is 1.46. The molecule has 0 saturated carbocycles. The molecule has 0 bridgehead atoms. The Morgan fingerprint density at radius 1 is 1.64 bits per heavy atom. The molecule has 0 aliphatic carbocycles. The van der Waals surface area contributed by atoms with E-state index in [9.17, 15) is 5.11 Å². The van der Waals surface area contributed by atoms with Crippen molar-refractivity contribution in [1.29, 1.82) is 0 Å². The van der Waals surface area contributed by atoms with Crippen LogP contribution in [-0.2, 0) is 4.74 Å². The van der Waals surface area contributed by atoms with Crippen LogP contribution < -0.4 is 4.74 Å². The third kappa shape index (κ3) is 2.42. The topological polar surface area (TPSA) is 131 Å². The minimum atomic E-state index is -0.572. The molecule has 0 unspecified atom stereocenters. The van der Waals surface area contributed by atoms with Gasteiger partial charge in [0.1, 0.15) is 6.23 Å². The first-order chi connectivity index (χ1) is 10.7. The maximum atomic E-state index is 9.32. The molecule has 0 aromatic carbocycles. The minimum absolute atomic E-state index is 0.0226. The zero-order valence-corrected chi connectivity index (χ0v) is 12.3. The van der Waals surface area contributed by atoms with Crippen LogP contribution in [0.2, 0.25) is 5.28 Å². The first-order valence-corrected chi connectivity index (χ1v) is 6.80. The minimum Gasteiger partial charge on any atom is -0.479 e. The lowest BCUT2D eigenvalue weighted by Gasteiger charge is -2.14. The number of rotatable bonds is 4. The van der Waals surface area contributed by atoms with E-state index in [1.54, 1.807) is 4.57 Å². The summed E-state index contributed by atoms with van der Waals surface area (Å²) in [6.07, 6.45) is 0.867. The number of aliphatic hydroxyl groups excluding tert-OH is 1. The first kappa shape index (κ1) is 14.8. The molecule has 0 spiro atoms. The second kappa shape index (κ2) is 5.93. The van der Waals surface area contributed by atoms with Crippen molar-refractivity contribution in [3.05, 3.63) is 22.1 Å². The SMILES string of the molecule is COc1nc(Cl)nc2c1ncn2[C@H]1C[C@H](N=[N+]=[N-])[C@@H](CO)O1. The van der Waals surface area contributed by atoms with Gasteiger partial charge in [-0.05, 0) is 17.1 Å². The van der Waals surface area contributed by atoms with Gasteiger partial charge in [0, 0.05) is 11.3 Å². The molecule has 1 aliphatic rings. The van der Waals surface area contributed by atoms with E-state index in [0.717, 1.165) is 0 Å². The van der Waals surface area contributed by atoms with Crippen LogP contribution in [0.5, 0.6) is 5.88 Å². The predicted molar refractivity (Wildman–Crippen MR) is 75.4 cm³/mol. The van der Waals surface area contributed by atoms with Crippen molar-refractivity contribution in [3.63, 3.8) is 0 Å². The lowest BCUT2D eigenvalue weighted by molar-refractivity contribution is -0.0233. The third-order valence-corrected chi connectivity index (χ3v) is 3.62. The fraction of sp³-hybridized carbons (Fsp3) is 0.545. The molecule has 1 N–H and O–H groups in total. The fourth-order valence-electron chi connectivity index (χ4n) is 2.46. The Bertz CT molecular complexity index is 745. The number of azide groups is 1. The van der Waals surface area contributed by atoms with Crippen LogP contribution in [0, 0.1) is 0 Å². The van der Waals surface area contributed by atoms with Gasteiger partial charge < -0.3 is 14.6 Å². The molecular formula is C11H12ClN7O3. The molecule has 116 valence electrons. The van der Waals surface area contributed by atoms with E-state index < -0.39 is 18.4 Å². The number of hydrogen-bond acceptors (Lipinski definition) is 7. The van der Waals surface area contributed by atoms with E-state index in [0.29, 0.717) is 17.6 Å². The molecule has 0 radical (unpaired) electrons. The summed E-state index contributed by atoms with van der Waals surface area (Å²) in [4.78, 5) is 15.1. The smallest absolute Gasteiger partial charge is 0.246 e. The van der Waals surface area contributed by atoms with E-state index in [1.807, 2.05) is 0 Å². The maximum absolute atomic E-state index is 9.32. The van der Waals surface area contributed by atoms with Crippen molar-refractivity contribution in [2.75, 3.05) is 13.7 Å². The largest absolute Gasteiger partial charge is 0.479 e. The molecule has 22 heavy (non-hydrogen) atoms. The Balaban J connectivity index is 2.01. The van der Waals surface area contributed by atoms with Crippen LogP contribution in [-0.4, -0.2) is 50.5 Å². The normalized spacial score (nSPS) is 24.4. The molecule has 1 fully saturated rings. The van der Waals surface area contributed by atoms with Gasteiger partial charge in [0.25, 0.3) is 0 Å². The summed E-state index contributed by atoms with van der Waals surface area (Å²) in [6, 6.07) is -0.461. The highest BCUT2D eigenvalue weighted by atomic mass is 35.5. The summed E-state index contributed by atoms with van der Waals surface area (Å²) in [6.45, 7) is -0.244. The van der Waals surface area contributed by atoms with Crippen molar-refractivity contribution in [2.45, 2.75) is 24.8 Å². The summed E-state index contributed by atoms with van der Waals surface area (Å²) in [5, 5.41) is 13.0. The zero-order chi connectivity index (χ0) is 15.7. The number of imidazole rings is 1. The number of ether oxygens (including phenoxy) is 2. The van der Waals surface area contributed by atoms with Gasteiger partial charge in [0.05, 0.1) is 32.2 Å². The van der Waals surface area contributed by atoms with Crippen LogP contribution >= 0.6 is 11.6 Å². The Hall–Kier alpha value is -2.13. The van der Waals surface area contributed by atoms with Crippen LogP contribution in [0.15, 0.2) is 11.4 Å². The van der Waals surface area contributed by atoms with Crippen molar-refractivity contribution in [1.82, 2.24) is 19.5 Å². The van der Waals surface area contributed by atoms with Gasteiger partial charge in [-0.25, -0.2) is 4.98 Å². The lowest BCUT2D eigenvalue weighted by atomic mass is 10.1. The fourth-order valence-corrected chi connectivity index (χ4v) is 2.61. The molecule has 3 atom stereocenters. The highest BCUT2D eigenvalue weighted by Gasteiger charge is 2.36. The highest BCUT2D eigenvalue weighted by Crippen LogP contribution is 2.34. The third-order valence-electron chi connectivity index (χ3n) is 3.45. The van der Waals surface area contributed by atoms with E-state index in [4.69, 9.17) is 26.6 Å². The van der Waals surface area contributed by atoms with Gasteiger partial charge in [-0.15, -0.1) is 0 Å².